The molecule has 2 N–H and O–H groups in total. The van der Waals surface area contributed by atoms with E-state index in [4.69, 9.17) is 9.47 Å². The van der Waals surface area contributed by atoms with E-state index in [0.717, 1.165) is 22.7 Å². The zero-order valence-corrected chi connectivity index (χ0v) is 20.2. The van der Waals surface area contributed by atoms with E-state index >= 15 is 0 Å². The maximum atomic E-state index is 12.3. The third-order valence-electron chi connectivity index (χ3n) is 4.96. The van der Waals surface area contributed by atoms with Gasteiger partial charge in [-0.15, -0.1) is 5.10 Å². The monoisotopic (exact) mass is 472 g/mol. The molecule has 0 spiro atoms. The second-order valence-electron chi connectivity index (χ2n) is 7.27. The fourth-order valence-electron chi connectivity index (χ4n) is 3.21. The second-order valence-corrected chi connectivity index (χ2v) is 8.05. The van der Waals surface area contributed by atoms with Gasteiger partial charge in [-0.2, -0.15) is 4.98 Å². The summed E-state index contributed by atoms with van der Waals surface area (Å²) < 4.78 is 12.7. The van der Waals surface area contributed by atoms with Gasteiger partial charge < -0.3 is 9.47 Å². The summed E-state index contributed by atoms with van der Waals surface area (Å²) in [4.78, 5) is 33.4. The Morgan fingerprint density at radius 2 is 1.82 bits per heavy atom. The molecule has 0 fully saturated rings. The van der Waals surface area contributed by atoms with Crippen LogP contribution in [0, 0.1) is 13.8 Å². The molecule has 1 atom stereocenters. The number of fused-ring (bicyclic) bond motifs is 1. The summed E-state index contributed by atoms with van der Waals surface area (Å²) in [6.07, 6.45) is 1.74. The number of hydrazine groups is 1. The van der Waals surface area contributed by atoms with Crippen LogP contribution in [0.3, 0.4) is 0 Å². The minimum absolute atomic E-state index is 0.174. The normalized spacial score (nSPS) is 11.8. The van der Waals surface area contributed by atoms with Crippen LogP contribution in [0.2, 0.25) is 0 Å². The number of hydrogen-bond donors (Lipinski definition) is 2. The van der Waals surface area contributed by atoms with Crippen molar-refractivity contribution in [3.05, 3.63) is 41.2 Å². The van der Waals surface area contributed by atoms with Gasteiger partial charge in [0.25, 0.3) is 11.7 Å². The number of ether oxygens (including phenoxy) is 2. The summed E-state index contributed by atoms with van der Waals surface area (Å²) in [7, 11) is 0. The van der Waals surface area contributed by atoms with E-state index in [9.17, 15) is 9.59 Å². The summed E-state index contributed by atoms with van der Waals surface area (Å²) in [6, 6.07) is 6.98. The molecule has 10 nitrogen and oxygen atoms in total. The molecule has 1 unspecified atom stereocenters. The Balaban J connectivity index is 1.50. The zero-order valence-electron chi connectivity index (χ0n) is 19.3. The molecule has 3 aromatic rings. The minimum atomic E-state index is -0.794. The quantitative estimate of drug-likeness (QED) is 0.360. The van der Waals surface area contributed by atoms with Gasteiger partial charge in [-0.25, -0.2) is 9.50 Å². The van der Waals surface area contributed by atoms with Crippen LogP contribution in [-0.4, -0.2) is 50.4 Å². The van der Waals surface area contributed by atoms with E-state index < -0.39 is 12.0 Å². The van der Waals surface area contributed by atoms with E-state index in [1.807, 2.05) is 27.0 Å². The minimum Gasteiger partial charge on any atom is -0.494 e. The first-order valence-corrected chi connectivity index (χ1v) is 11.8. The van der Waals surface area contributed by atoms with E-state index in [2.05, 4.69) is 25.9 Å². The van der Waals surface area contributed by atoms with E-state index in [1.165, 1.54) is 11.8 Å². The number of aryl methyl sites for hydroxylation is 2. The number of aromatic nitrogens is 4. The van der Waals surface area contributed by atoms with Crippen molar-refractivity contribution in [1.29, 1.82) is 0 Å². The first-order valence-electron chi connectivity index (χ1n) is 10.6. The molecule has 0 aliphatic heterocycles. The Morgan fingerprint density at radius 3 is 2.48 bits per heavy atom. The van der Waals surface area contributed by atoms with Gasteiger partial charge in [0.1, 0.15) is 11.5 Å². The number of rotatable bonds is 9. The summed E-state index contributed by atoms with van der Waals surface area (Å²) in [5, 5.41) is 5.06. The lowest BCUT2D eigenvalue weighted by atomic mass is 10.1. The zero-order chi connectivity index (χ0) is 24.0. The van der Waals surface area contributed by atoms with E-state index in [0.29, 0.717) is 29.7 Å². The molecule has 0 saturated carbocycles. The Labute approximate surface area is 196 Å². The number of benzene rings is 1. The second kappa shape index (κ2) is 11.0. The molecule has 2 heterocycles. The molecule has 0 saturated heterocycles. The molecular weight excluding hydrogens is 444 g/mol. The summed E-state index contributed by atoms with van der Waals surface area (Å²) in [6.45, 7) is 7.89. The third-order valence-corrected chi connectivity index (χ3v) is 5.49. The highest BCUT2D eigenvalue weighted by Crippen LogP contribution is 2.19. The molecular formula is C22H28N6O4S. The first-order chi connectivity index (χ1) is 15.8. The molecule has 1 aromatic carbocycles. The molecule has 0 aliphatic carbocycles. The Hall–Kier alpha value is -3.34. The maximum absolute atomic E-state index is 12.3. The number of carbonyl (C=O) groups is 2. The van der Waals surface area contributed by atoms with Crippen LogP contribution >= 0.6 is 11.8 Å². The van der Waals surface area contributed by atoms with E-state index in [-0.39, 0.29) is 12.3 Å². The van der Waals surface area contributed by atoms with Crippen molar-refractivity contribution in [3.63, 3.8) is 0 Å². The van der Waals surface area contributed by atoms with Crippen molar-refractivity contribution in [2.45, 2.75) is 51.8 Å². The predicted molar refractivity (Wildman–Crippen MR) is 124 cm³/mol. The number of thioether (sulfide) groups is 1. The highest BCUT2D eigenvalue weighted by Gasteiger charge is 2.17. The first kappa shape index (κ1) is 24.3. The van der Waals surface area contributed by atoms with Gasteiger partial charge >= 0.3 is 0 Å². The Morgan fingerprint density at radius 1 is 1.12 bits per heavy atom. The fraction of sp³-hybridized carbons (Fsp3) is 0.409. The highest BCUT2D eigenvalue weighted by atomic mass is 32.2. The van der Waals surface area contributed by atoms with Crippen LogP contribution in [0.15, 0.2) is 29.4 Å². The van der Waals surface area contributed by atoms with Crippen LogP contribution in [0.25, 0.3) is 5.78 Å². The Kier molecular flexibility index (Phi) is 8.10. The Bertz CT molecular complexity index is 1130. The standard InChI is InChI=1S/C22H28N6O4S/c1-6-31-16-7-9-17(10-8-16)32-15(4)20(30)26-25-19(29)12-11-18-13(2)23-21-24-22(33-5)27-28(21)14(18)3/h7-10,15H,6,11-12H2,1-5H3,(H,25,29)(H,26,30). The number of nitrogens with zero attached hydrogens (tertiary/aromatic N) is 4. The van der Waals surface area contributed by atoms with Gasteiger partial charge in [0.2, 0.25) is 11.1 Å². The van der Waals surface area contributed by atoms with Crippen molar-refractivity contribution >= 4 is 29.4 Å². The van der Waals surface area contributed by atoms with Crippen molar-refractivity contribution in [3.8, 4) is 11.5 Å². The average Bonchev–Trinajstić information content (AvgIpc) is 3.22. The van der Waals surface area contributed by atoms with Gasteiger partial charge in [-0.05, 0) is 70.2 Å². The SMILES string of the molecule is CCOc1ccc(OC(C)C(=O)NNC(=O)CCc2c(C)nc3nc(SC)nn3c2C)cc1. The number of carbonyl (C=O) groups excluding carboxylic acids is 2. The van der Waals surface area contributed by atoms with Crippen LogP contribution in [-0.2, 0) is 16.0 Å². The largest absolute Gasteiger partial charge is 0.494 e. The number of hydrogen-bond acceptors (Lipinski definition) is 8. The summed E-state index contributed by atoms with van der Waals surface area (Å²) >= 11 is 1.44. The van der Waals surface area contributed by atoms with Crippen molar-refractivity contribution in [2.24, 2.45) is 0 Å². The summed E-state index contributed by atoms with van der Waals surface area (Å²) in [5.74, 6) is 1.01. The highest BCUT2D eigenvalue weighted by molar-refractivity contribution is 7.98. The van der Waals surface area contributed by atoms with Crippen LogP contribution in [0.5, 0.6) is 11.5 Å². The molecule has 2 aromatic heterocycles. The van der Waals surface area contributed by atoms with Crippen LogP contribution in [0.4, 0.5) is 0 Å². The van der Waals surface area contributed by atoms with Gasteiger partial charge in [0, 0.05) is 17.8 Å². The predicted octanol–water partition coefficient (Wildman–Crippen LogP) is 2.41. The molecule has 0 aliphatic rings. The van der Waals surface area contributed by atoms with E-state index in [1.54, 1.807) is 35.7 Å². The molecule has 3 rings (SSSR count). The van der Waals surface area contributed by atoms with Crippen molar-refractivity contribution in [2.75, 3.05) is 12.9 Å². The molecule has 176 valence electrons. The lowest BCUT2D eigenvalue weighted by Crippen LogP contribution is -2.47. The van der Waals surface area contributed by atoms with Gasteiger partial charge in [0.15, 0.2) is 6.10 Å². The van der Waals surface area contributed by atoms with Crippen molar-refractivity contribution in [1.82, 2.24) is 30.4 Å². The van der Waals surface area contributed by atoms with Crippen LogP contribution in [0.1, 0.15) is 37.2 Å². The molecule has 33 heavy (non-hydrogen) atoms. The molecule has 2 amide bonds. The maximum Gasteiger partial charge on any atom is 0.279 e. The third kappa shape index (κ3) is 6.13. The molecule has 0 radical (unpaired) electrons. The summed E-state index contributed by atoms with van der Waals surface area (Å²) in [5.41, 5.74) is 7.46. The number of nitrogens with one attached hydrogen (secondary N) is 2. The number of amides is 2. The lowest BCUT2D eigenvalue weighted by Gasteiger charge is -2.16. The average molecular weight is 473 g/mol. The van der Waals surface area contributed by atoms with Gasteiger partial charge in [-0.3, -0.25) is 20.4 Å². The molecule has 11 heteroatoms. The van der Waals surface area contributed by atoms with Gasteiger partial charge in [-0.1, -0.05) is 11.8 Å². The topological polar surface area (TPSA) is 120 Å². The van der Waals surface area contributed by atoms with Gasteiger partial charge in [0.05, 0.1) is 6.61 Å². The molecule has 0 bridgehead atoms. The van der Waals surface area contributed by atoms with Crippen molar-refractivity contribution < 1.29 is 19.1 Å². The lowest BCUT2D eigenvalue weighted by molar-refractivity contribution is -0.132. The smallest absolute Gasteiger partial charge is 0.279 e. The van der Waals surface area contributed by atoms with Crippen LogP contribution < -0.4 is 20.3 Å². The fourth-order valence-corrected chi connectivity index (χ4v) is 3.55.